The Morgan fingerprint density at radius 2 is 2.24 bits per heavy atom. The van der Waals surface area contributed by atoms with Gasteiger partial charge in [0.15, 0.2) is 17.2 Å². The molecule has 0 radical (unpaired) electrons. The Bertz CT molecular complexity index is 597. The number of fused-ring (bicyclic) bond motifs is 1. The van der Waals surface area contributed by atoms with Crippen LogP contribution in [0.3, 0.4) is 0 Å². The number of thiophene rings is 1. The molecule has 0 bridgehead atoms. The van der Waals surface area contributed by atoms with E-state index in [4.69, 9.17) is 14.7 Å². The highest BCUT2D eigenvalue weighted by Crippen LogP contribution is 2.37. The molecule has 0 spiro atoms. The second kappa shape index (κ2) is 4.85. The van der Waals surface area contributed by atoms with Crippen LogP contribution in [0, 0.1) is 11.3 Å². The Balaban J connectivity index is 2.57. The minimum absolute atomic E-state index is 0.0925. The van der Waals surface area contributed by atoms with E-state index in [1.807, 2.05) is 30.3 Å². The Hall–Kier alpha value is -2.06. The first-order chi connectivity index (χ1) is 8.27. The maximum absolute atomic E-state index is 11.6. The Morgan fingerprint density at radius 3 is 2.94 bits per heavy atom. The van der Waals surface area contributed by atoms with Gasteiger partial charge in [0.05, 0.1) is 7.11 Å². The van der Waals surface area contributed by atoms with Gasteiger partial charge in [0.2, 0.25) is 0 Å². The topological polar surface area (TPSA) is 59.3 Å². The van der Waals surface area contributed by atoms with Crippen LogP contribution in [0.2, 0.25) is 0 Å². The molecule has 5 heteroatoms. The van der Waals surface area contributed by atoms with E-state index in [0.717, 1.165) is 10.1 Å². The third-order valence-electron chi connectivity index (χ3n) is 2.20. The van der Waals surface area contributed by atoms with Gasteiger partial charge in [-0.15, -0.1) is 11.3 Å². The van der Waals surface area contributed by atoms with E-state index in [0.29, 0.717) is 10.6 Å². The Labute approximate surface area is 102 Å². The second-order valence-corrected chi connectivity index (χ2v) is 4.25. The number of ether oxygens (including phenoxy) is 2. The molecule has 0 saturated carbocycles. The van der Waals surface area contributed by atoms with E-state index in [2.05, 4.69) is 0 Å². The first-order valence-electron chi connectivity index (χ1n) is 4.87. The molecule has 1 heterocycles. The third kappa shape index (κ3) is 2.08. The van der Waals surface area contributed by atoms with Crippen molar-refractivity contribution in [2.24, 2.45) is 0 Å². The van der Waals surface area contributed by atoms with E-state index in [1.54, 1.807) is 0 Å². The summed E-state index contributed by atoms with van der Waals surface area (Å²) in [5.41, 5.74) is 0. The van der Waals surface area contributed by atoms with Crippen molar-refractivity contribution in [1.29, 1.82) is 5.26 Å². The fraction of sp³-hybridized carbons (Fsp3) is 0.167. The van der Waals surface area contributed by atoms with E-state index >= 15 is 0 Å². The molecule has 86 valence electrons. The molecule has 1 aromatic heterocycles. The quantitative estimate of drug-likeness (QED) is 0.782. The fourth-order valence-corrected chi connectivity index (χ4v) is 2.56. The van der Waals surface area contributed by atoms with E-state index in [1.165, 1.54) is 18.4 Å². The summed E-state index contributed by atoms with van der Waals surface area (Å²) in [6, 6.07) is 9.37. The molecule has 0 unspecified atom stereocenters. The first kappa shape index (κ1) is 11.4. The number of esters is 1. The average molecular weight is 247 g/mol. The molecule has 0 aliphatic heterocycles. The van der Waals surface area contributed by atoms with Crippen molar-refractivity contribution >= 4 is 27.4 Å². The SMILES string of the molecule is COC(=O)c1sc2ccccc2c1OCC#N. The maximum atomic E-state index is 11.6. The summed E-state index contributed by atoms with van der Waals surface area (Å²) in [6.45, 7) is -0.0925. The van der Waals surface area contributed by atoms with E-state index in [-0.39, 0.29) is 6.61 Å². The van der Waals surface area contributed by atoms with Crippen molar-refractivity contribution in [3.63, 3.8) is 0 Å². The fourth-order valence-electron chi connectivity index (χ4n) is 1.50. The van der Waals surface area contributed by atoms with Crippen molar-refractivity contribution in [3.05, 3.63) is 29.1 Å². The largest absolute Gasteiger partial charge is 0.476 e. The smallest absolute Gasteiger partial charge is 0.351 e. The van der Waals surface area contributed by atoms with E-state index in [9.17, 15) is 4.79 Å². The van der Waals surface area contributed by atoms with Crippen LogP contribution in [0.5, 0.6) is 5.75 Å². The highest BCUT2D eigenvalue weighted by Gasteiger charge is 2.20. The molecule has 0 amide bonds. The number of carbonyl (C=O) groups is 1. The lowest BCUT2D eigenvalue weighted by Gasteiger charge is -2.02. The number of rotatable bonds is 3. The van der Waals surface area contributed by atoms with Gasteiger partial charge >= 0.3 is 5.97 Å². The number of methoxy groups -OCH3 is 1. The van der Waals surface area contributed by atoms with Crippen LogP contribution in [-0.2, 0) is 4.74 Å². The van der Waals surface area contributed by atoms with Crippen molar-refractivity contribution in [2.75, 3.05) is 13.7 Å². The molecule has 0 aliphatic carbocycles. The molecule has 1 aromatic carbocycles. The van der Waals surface area contributed by atoms with Crippen LogP contribution in [0.15, 0.2) is 24.3 Å². The molecule has 2 aromatic rings. The van der Waals surface area contributed by atoms with E-state index < -0.39 is 5.97 Å². The standard InChI is InChI=1S/C12H9NO3S/c1-15-12(14)11-10(16-7-6-13)8-4-2-3-5-9(8)17-11/h2-5H,7H2,1H3. The van der Waals surface area contributed by atoms with Crippen LogP contribution < -0.4 is 4.74 Å². The van der Waals surface area contributed by atoms with Gasteiger partial charge in [-0.05, 0) is 12.1 Å². The lowest BCUT2D eigenvalue weighted by molar-refractivity contribution is 0.0603. The summed E-state index contributed by atoms with van der Waals surface area (Å²) in [5, 5.41) is 9.36. The summed E-state index contributed by atoms with van der Waals surface area (Å²) in [4.78, 5) is 12.0. The van der Waals surface area contributed by atoms with Crippen molar-refractivity contribution < 1.29 is 14.3 Å². The minimum Gasteiger partial charge on any atom is -0.476 e. The molecule has 0 fully saturated rings. The molecule has 2 rings (SSSR count). The van der Waals surface area contributed by atoms with Gasteiger partial charge in [-0.25, -0.2) is 4.79 Å². The van der Waals surface area contributed by atoms with Gasteiger partial charge < -0.3 is 9.47 Å². The van der Waals surface area contributed by atoms with Gasteiger partial charge in [0.1, 0.15) is 6.07 Å². The molecular formula is C12H9NO3S. The lowest BCUT2D eigenvalue weighted by atomic mass is 10.2. The third-order valence-corrected chi connectivity index (χ3v) is 3.33. The molecule has 0 aliphatic rings. The summed E-state index contributed by atoms with van der Waals surface area (Å²) in [7, 11) is 1.32. The number of hydrogen-bond acceptors (Lipinski definition) is 5. The highest BCUT2D eigenvalue weighted by atomic mass is 32.1. The normalized spacial score (nSPS) is 9.88. The molecular weight excluding hydrogens is 238 g/mol. The predicted octanol–water partition coefficient (Wildman–Crippen LogP) is 2.59. The van der Waals surface area contributed by atoms with Crippen LogP contribution in [0.4, 0.5) is 0 Å². The van der Waals surface area contributed by atoms with Gasteiger partial charge in [-0.3, -0.25) is 0 Å². The summed E-state index contributed by atoms with van der Waals surface area (Å²) < 4.78 is 10.9. The Kier molecular flexibility index (Phi) is 3.26. The van der Waals surface area contributed by atoms with Gasteiger partial charge in [0, 0.05) is 10.1 Å². The molecule has 4 nitrogen and oxygen atoms in total. The Morgan fingerprint density at radius 1 is 1.47 bits per heavy atom. The van der Waals surface area contributed by atoms with Gasteiger partial charge in [-0.1, -0.05) is 12.1 Å². The zero-order valence-electron chi connectivity index (χ0n) is 9.10. The van der Waals surface area contributed by atoms with Crippen LogP contribution >= 0.6 is 11.3 Å². The van der Waals surface area contributed by atoms with Gasteiger partial charge in [-0.2, -0.15) is 5.26 Å². The minimum atomic E-state index is -0.445. The highest BCUT2D eigenvalue weighted by molar-refractivity contribution is 7.21. The second-order valence-electron chi connectivity index (χ2n) is 3.19. The van der Waals surface area contributed by atoms with Crippen LogP contribution in [0.25, 0.3) is 10.1 Å². The monoisotopic (exact) mass is 247 g/mol. The molecule has 0 N–H and O–H groups in total. The van der Waals surface area contributed by atoms with Crippen LogP contribution in [-0.4, -0.2) is 19.7 Å². The zero-order valence-corrected chi connectivity index (χ0v) is 9.91. The number of hydrogen-bond donors (Lipinski definition) is 0. The predicted molar refractivity (Wildman–Crippen MR) is 64.3 cm³/mol. The van der Waals surface area contributed by atoms with Crippen LogP contribution in [0.1, 0.15) is 9.67 Å². The number of nitriles is 1. The van der Waals surface area contributed by atoms with Crippen molar-refractivity contribution in [1.82, 2.24) is 0 Å². The average Bonchev–Trinajstić information content (AvgIpc) is 2.74. The zero-order chi connectivity index (χ0) is 12.3. The lowest BCUT2D eigenvalue weighted by Crippen LogP contribution is -2.02. The van der Waals surface area contributed by atoms with Crippen molar-refractivity contribution in [3.8, 4) is 11.8 Å². The summed E-state index contributed by atoms with van der Waals surface area (Å²) in [6.07, 6.45) is 0. The van der Waals surface area contributed by atoms with Crippen molar-refractivity contribution in [2.45, 2.75) is 0 Å². The molecule has 17 heavy (non-hydrogen) atoms. The molecule has 0 atom stereocenters. The van der Waals surface area contributed by atoms with Gasteiger partial charge in [0.25, 0.3) is 0 Å². The number of carbonyl (C=O) groups excluding carboxylic acids is 1. The summed E-state index contributed by atoms with van der Waals surface area (Å²) in [5.74, 6) is -0.0156. The maximum Gasteiger partial charge on any atom is 0.351 e. The number of nitrogens with zero attached hydrogens (tertiary/aromatic N) is 1. The number of benzene rings is 1. The first-order valence-corrected chi connectivity index (χ1v) is 5.69. The summed E-state index contributed by atoms with van der Waals surface area (Å²) >= 11 is 1.30. The molecule has 0 saturated heterocycles.